The number of ether oxygens (including phenoxy) is 1. The van der Waals surface area contributed by atoms with Gasteiger partial charge in [0.15, 0.2) is 6.29 Å². The molecule has 0 saturated carbocycles. The van der Waals surface area contributed by atoms with Crippen molar-refractivity contribution in [1.82, 2.24) is 0 Å². The molecule has 0 aliphatic carbocycles. The maximum Gasteiger partial charge on any atom is 0.347 e. The largest absolute Gasteiger partial charge is 0.386 e. The van der Waals surface area contributed by atoms with Crippen molar-refractivity contribution in [2.24, 2.45) is 0 Å². The number of carbonyl (C=O) groups excluding carboxylic acids is 3. The summed E-state index contributed by atoms with van der Waals surface area (Å²) < 4.78 is 4.34. The van der Waals surface area contributed by atoms with E-state index in [2.05, 4.69) is 4.74 Å². The van der Waals surface area contributed by atoms with Gasteiger partial charge in [-0.3, -0.25) is 4.79 Å². The number of hydrogen-bond donors (Lipinski definition) is 0. The van der Waals surface area contributed by atoms with Crippen molar-refractivity contribution in [2.75, 3.05) is 0 Å². The molecule has 0 spiro atoms. The van der Waals surface area contributed by atoms with E-state index in [9.17, 15) is 14.4 Å². The van der Waals surface area contributed by atoms with Crippen LogP contribution in [0, 0.1) is 0 Å². The van der Waals surface area contributed by atoms with Crippen LogP contribution in [0.2, 0.25) is 0 Å². The minimum Gasteiger partial charge on any atom is -0.386 e. The third-order valence-corrected chi connectivity index (χ3v) is 1.83. The zero-order valence-electron chi connectivity index (χ0n) is 6.44. The SMILES string of the molecule is O=Cc1cccc2c1C(=O)OC2=O. The monoisotopic (exact) mass is 176 g/mol. The Labute approximate surface area is 73.1 Å². The van der Waals surface area contributed by atoms with Gasteiger partial charge in [-0.1, -0.05) is 12.1 Å². The highest BCUT2D eigenvalue weighted by Crippen LogP contribution is 2.22. The summed E-state index contributed by atoms with van der Waals surface area (Å²) in [7, 11) is 0. The predicted molar refractivity (Wildman–Crippen MR) is 41.6 cm³/mol. The lowest BCUT2D eigenvalue weighted by Crippen LogP contribution is -1.99. The fraction of sp³-hybridized carbons (Fsp3) is 0. The molecule has 4 heteroatoms. The third-order valence-electron chi connectivity index (χ3n) is 1.83. The maximum absolute atomic E-state index is 11.1. The minimum absolute atomic E-state index is 0.0718. The summed E-state index contributed by atoms with van der Waals surface area (Å²) in [4.78, 5) is 32.5. The Morgan fingerprint density at radius 1 is 1.15 bits per heavy atom. The first-order valence-corrected chi connectivity index (χ1v) is 3.58. The Kier molecular flexibility index (Phi) is 1.48. The van der Waals surface area contributed by atoms with Gasteiger partial charge in [-0.25, -0.2) is 9.59 Å². The molecule has 1 aromatic carbocycles. The van der Waals surface area contributed by atoms with E-state index in [1.54, 1.807) is 0 Å². The molecule has 1 aliphatic heterocycles. The zero-order chi connectivity index (χ0) is 9.42. The van der Waals surface area contributed by atoms with Gasteiger partial charge in [-0.2, -0.15) is 0 Å². The van der Waals surface area contributed by atoms with E-state index in [0.717, 1.165) is 0 Å². The zero-order valence-corrected chi connectivity index (χ0v) is 6.44. The van der Waals surface area contributed by atoms with Crippen LogP contribution in [0.3, 0.4) is 0 Å². The van der Waals surface area contributed by atoms with Crippen LogP contribution in [0.1, 0.15) is 31.1 Å². The van der Waals surface area contributed by atoms with E-state index in [4.69, 9.17) is 0 Å². The van der Waals surface area contributed by atoms with Gasteiger partial charge in [0.25, 0.3) is 0 Å². The lowest BCUT2D eigenvalue weighted by Gasteiger charge is -1.93. The number of rotatable bonds is 1. The summed E-state index contributed by atoms with van der Waals surface area (Å²) in [5, 5.41) is 0. The van der Waals surface area contributed by atoms with Gasteiger partial charge in [-0.05, 0) is 6.07 Å². The molecule has 0 aromatic heterocycles. The molecule has 0 unspecified atom stereocenters. The summed E-state index contributed by atoms with van der Waals surface area (Å²) in [6.45, 7) is 0. The van der Waals surface area contributed by atoms with Gasteiger partial charge in [0.1, 0.15) is 0 Å². The van der Waals surface area contributed by atoms with E-state index in [-0.39, 0.29) is 16.7 Å². The highest BCUT2D eigenvalue weighted by atomic mass is 16.6. The smallest absolute Gasteiger partial charge is 0.347 e. The Morgan fingerprint density at radius 2 is 1.92 bits per heavy atom. The maximum atomic E-state index is 11.1. The topological polar surface area (TPSA) is 60.4 Å². The fourth-order valence-electron chi connectivity index (χ4n) is 1.26. The number of cyclic esters (lactones) is 2. The summed E-state index contributed by atoms with van der Waals surface area (Å²) in [6.07, 6.45) is 0.526. The number of aldehydes is 1. The Balaban J connectivity index is 2.75. The van der Waals surface area contributed by atoms with Crippen LogP contribution >= 0.6 is 0 Å². The standard InChI is InChI=1S/C9H4O4/c10-4-5-2-1-3-6-7(5)9(12)13-8(6)11/h1-4H. The first kappa shape index (κ1) is 7.67. The van der Waals surface area contributed by atoms with E-state index < -0.39 is 11.9 Å². The highest BCUT2D eigenvalue weighted by molar-refractivity contribution is 6.17. The number of fused-ring (bicyclic) bond motifs is 1. The molecule has 0 N–H and O–H groups in total. The molecule has 1 aliphatic rings. The van der Waals surface area contributed by atoms with Gasteiger partial charge in [0.2, 0.25) is 0 Å². The van der Waals surface area contributed by atoms with Gasteiger partial charge in [0.05, 0.1) is 11.1 Å². The highest BCUT2D eigenvalue weighted by Gasteiger charge is 2.31. The second-order valence-electron chi connectivity index (χ2n) is 2.56. The third kappa shape index (κ3) is 0.955. The van der Waals surface area contributed by atoms with Crippen LogP contribution < -0.4 is 0 Å². The number of benzene rings is 1. The summed E-state index contributed by atoms with van der Waals surface area (Å²) in [5.74, 6) is -1.44. The summed E-state index contributed by atoms with van der Waals surface area (Å²) in [5.41, 5.74) is 0.422. The molecule has 1 heterocycles. The number of hydrogen-bond acceptors (Lipinski definition) is 4. The first-order valence-electron chi connectivity index (χ1n) is 3.58. The second kappa shape index (κ2) is 2.52. The van der Waals surface area contributed by atoms with Crippen molar-refractivity contribution in [2.45, 2.75) is 0 Å². The molecule has 1 aromatic rings. The molecule has 0 amide bonds. The van der Waals surface area contributed by atoms with E-state index in [1.165, 1.54) is 18.2 Å². The van der Waals surface area contributed by atoms with Crippen LogP contribution in [-0.2, 0) is 4.74 Å². The first-order chi connectivity index (χ1) is 6.24. The van der Waals surface area contributed by atoms with Gasteiger partial charge in [-0.15, -0.1) is 0 Å². The van der Waals surface area contributed by atoms with Gasteiger partial charge < -0.3 is 4.74 Å². The molecule has 64 valence electrons. The summed E-state index contributed by atoms with van der Waals surface area (Å²) >= 11 is 0. The van der Waals surface area contributed by atoms with Crippen molar-refractivity contribution < 1.29 is 19.1 Å². The van der Waals surface area contributed by atoms with Crippen LogP contribution in [0.15, 0.2) is 18.2 Å². The minimum atomic E-state index is -0.747. The quantitative estimate of drug-likeness (QED) is 0.361. The average Bonchev–Trinajstić information content (AvgIpc) is 2.43. The summed E-state index contributed by atoms with van der Waals surface area (Å²) in [6, 6.07) is 4.45. The van der Waals surface area contributed by atoms with Crippen molar-refractivity contribution in [1.29, 1.82) is 0 Å². The lowest BCUT2D eigenvalue weighted by atomic mass is 10.0. The van der Waals surface area contributed by atoms with Crippen LogP contribution in [-0.4, -0.2) is 18.2 Å². The molecular weight excluding hydrogens is 172 g/mol. The van der Waals surface area contributed by atoms with Crippen LogP contribution in [0.5, 0.6) is 0 Å². The average molecular weight is 176 g/mol. The second-order valence-corrected chi connectivity index (χ2v) is 2.56. The molecule has 0 atom stereocenters. The van der Waals surface area contributed by atoms with Gasteiger partial charge >= 0.3 is 11.9 Å². The Bertz CT molecular complexity index is 420. The van der Waals surface area contributed by atoms with Crippen molar-refractivity contribution in [3.8, 4) is 0 Å². The molecule has 0 fully saturated rings. The lowest BCUT2D eigenvalue weighted by molar-refractivity contribution is 0.0443. The molecule has 13 heavy (non-hydrogen) atoms. The van der Waals surface area contributed by atoms with Gasteiger partial charge in [0, 0.05) is 5.56 Å². The van der Waals surface area contributed by atoms with Crippen molar-refractivity contribution in [3.63, 3.8) is 0 Å². The molecule has 2 rings (SSSR count). The Hall–Kier alpha value is -1.97. The molecule has 0 bridgehead atoms. The fourth-order valence-corrected chi connectivity index (χ4v) is 1.26. The van der Waals surface area contributed by atoms with E-state index >= 15 is 0 Å². The molecule has 4 nitrogen and oxygen atoms in total. The Morgan fingerprint density at radius 3 is 2.62 bits per heavy atom. The number of esters is 2. The van der Waals surface area contributed by atoms with Crippen molar-refractivity contribution in [3.05, 3.63) is 34.9 Å². The van der Waals surface area contributed by atoms with Crippen LogP contribution in [0.4, 0.5) is 0 Å². The normalized spacial score (nSPS) is 13.8. The molecule has 0 radical (unpaired) electrons. The molecular formula is C9H4O4. The van der Waals surface area contributed by atoms with E-state index in [1.807, 2.05) is 0 Å². The number of carbonyl (C=O) groups is 3. The van der Waals surface area contributed by atoms with E-state index in [0.29, 0.717) is 6.29 Å². The predicted octanol–water partition coefficient (Wildman–Crippen LogP) is 0.810. The molecule has 0 saturated heterocycles. The van der Waals surface area contributed by atoms with Crippen molar-refractivity contribution >= 4 is 18.2 Å². The van der Waals surface area contributed by atoms with Crippen LogP contribution in [0.25, 0.3) is 0 Å².